The molecule has 0 heterocycles. The van der Waals surface area contributed by atoms with Crippen molar-refractivity contribution < 1.29 is 14.5 Å². The van der Waals surface area contributed by atoms with Crippen LogP contribution >= 0.6 is 11.8 Å². The smallest absolute Gasteiger partial charge is 0.273 e. The number of rotatable bonds is 5. The van der Waals surface area contributed by atoms with E-state index < -0.39 is 4.92 Å². The second-order valence-corrected chi connectivity index (χ2v) is 3.99. The summed E-state index contributed by atoms with van der Waals surface area (Å²) in [7, 11) is 1.39. The molecule has 0 atom stereocenters. The highest BCUT2D eigenvalue weighted by molar-refractivity contribution is 7.99. The van der Waals surface area contributed by atoms with Gasteiger partial charge in [-0.05, 0) is 12.3 Å². The molecule has 0 fully saturated rings. The molecule has 7 heteroatoms. The van der Waals surface area contributed by atoms with E-state index in [0.29, 0.717) is 11.4 Å². The first-order valence-corrected chi connectivity index (χ1v) is 6.09. The fourth-order valence-corrected chi connectivity index (χ4v) is 1.55. The van der Waals surface area contributed by atoms with Gasteiger partial charge in [-0.1, -0.05) is 0 Å². The Bertz CT molecular complexity index is 436. The molecule has 0 aromatic heterocycles. The minimum Gasteiger partial charge on any atom is -0.494 e. The summed E-state index contributed by atoms with van der Waals surface area (Å²) >= 11 is 1.39. The van der Waals surface area contributed by atoms with Crippen LogP contribution in [0.2, 0.25) is 0 Å². The topological polar surface area (TPSA) is 81.5 Å². The molecule has 1 aromatic rings. The molecule has 1 rings (SSSR count). The summed E-state index contributed by atoms with van der Waals surface area (Å²) in [6.07, 6.45) is 1.81. The molecule has 0 saturated carbocycles. The van der Waals surface area contributed by atoms with Gasteiger partial charge in [-0.25, -0.2) is 0 Å². The normalized spacial score (nSPS) is 9.76. The van der Waals surface area contributed by atoms with Crippen LogP contribution in [-0.4, -0.2) is 29.9 Å². The van der Waals surface area contributed by atoms with E-state index in [2.05, 4.69) is 5.32 Å². The lowest BCUT2D eigenvalue weighted by molar-refractivity contribution is -0.384. The number of hydrogen-bond acceptors (Lipinski definition) is 5. The molecule has 0 aliphatic carbocycles. The Hall–Kier alpha value is -1.76. The van der Waals surface area contributed by atoms with Gasteiger partial charge >= 0.3 is 0 Å². The van der Waals surface area contributed by atoms with Crippen LogP contribution in [0.3, 0.4) is 0 Å². The second-order valence-electron chi connectivity index (χ2n) is 3.12. The lowest BCUT2D eigenvalue weighted by atomic mass is 10.2. The number of thioether (sulfide) groups is 1. The van der Waals surface area contributed by atoms with Crippen LogP contribution < -0.4 is 10.1 Å². The predicted molar refractivity (Wildman–Crippen MR) is 66.7 cm³/mol. The van der Waals surface area contributed by atoms with E-state index in [1.54, 1.807) is 0 Å². The maximum atomic E-state index is 11.4. The average Bonchev–Trinajstić information content (AvgIpc) is 2.29. The van der Waals surface area contributed by atoms with Gasteiger partial charge in [0.2, 0.25) is 5.91 Å². The van der Waals surface area contributed by atoms with Crippen molar-refractivity contribution in [2.24, 2.45) is 0 Å². The standard InChI is InChI=1S/C10H12N2O4S/c1-16-9-5-7(12(14)15)3-4-8(9)11-10(13)6-17-2/h3-5H,6H2,1-2H3,(H,11,13). The summed E-state index contributed by atoms with van der Waals surface area (Å²) < 4.78 is 4.99. The Morgan fingerprint density at radius 1 is 1.59 bits per heavy atom. The van der Waals surface area contributed by atoms with Crippen LogP contribution in [0.5, 0.6) is 5.75 Å². The number of non-ortho nitro benzene ring substituents is 1. The molecule has 1 amide bonds. The third kappa shape index (κ3) is 3.63. The van der Waals surface area contributed by atoms with Crippen molar-refractivity contribution >= 4 is 29.0 Å². The highest BCUT2D eigenvalue weighted by Gasteiger charge is 2.12. The third-order valence-corrected chi connectivity index (χ3v) is 2.50. The maximum absolute atomic E-state index is 11.4. The van der Waals surface area contributed by atoms with Gasteiger partial charge in [0.25, 0.3) is 5.69 Å². The first-order valence-electron chi connectivity index (χ1n) is 4.69. The van der Waals surface area contributed by atoms with E-state index >= 15 is 0 Å². The van der Waals surface area contributed by atoms with E-state index in [-0.39, 0.29) is 17.3 Å². The first-order chi connectivity index (χ1) is 8.08. The van der Waals surface area contributed by atoms with Gasteiger partial charge in [0.15, 0.2) is 0 Å². The second kappa shape index (κ2) is 6.09. The van der Waals surface area contributed by atoms with Gasteiger partial charge < -0.3 is 10.1 Å². The molecule has 0 bridgehead atoms. The Labute approximate surface area is 102 Å². The molecule has 6 nitrogen and oxygen atoms in total. The molecule has 1 N–H and O–H groups in total. The van der Waals surface area contributed by atoms with Crippen molar-refractivity contribution in [3.05, 3.63) is 28.3 Å². The zero-order chi connectivity index (χ0) is 12.8. The summed E-state index contributed by atoms with van der Waals surface area (Å²) in [5.74, 6) is 0.415. The molecule has 0 aliphatic rings. The Kier molecular flexibility index (Phi) is 4.77. The number of nitrogens with zero attached hydrogens (tertiary/aromatic N) is 1. The van der Waals surface area contributed by atoms with E-state index in [9.17, 15) is 14.9 Å². The largest absolute Gasteiger partial charge is 0.494 e. The maximum Gasteiger partial charge on any atom is 0.273 e. The van der Waals surface area contributed by atoms with Gasteiger partial charge in [-0.2, -0.15) is 11.8 Å². The van der Waals surface area contributed by atoms with Crippen molar-refractivity contribution in [2.75, 3.05) is 24.4 Å². The van der Waals surface area contributed by atoms with Crippen LogP contribution in [-0.2, 0) is 4.79 Å². The number of nitrogens with one attached hydrogen (secondary N) is 1. The van der Waals surface area contributed by atoms with E-state index in [4.69, 9.17) is 4.74 Å². The number of methoxy groups -OCH3 is 1. The third-order valence-electron chi connectivity index (χ3n) is 1.95. The van der Waals surface area contributed by atoms with E-state index in [1.807, 2.05) is 6.26 Å². The van der Waals surface area contributed by atoms with Crippen LogP contribution in [0.4, 0.5) is 11.4 Å². The summed E-state index contributed by atoms with van der Waals surface area (Å²) in [6, 6.07) is 4.04. The molecular formula is C10H12N2O4S. The number of ether oxygens (including phenoxy) is 1. The monoisotopic (exact) mass is 256 g/mol. The molecular weight excluding hydrogens is 244 g/mol. The summed E-state index contributed by atoms with van der Waals surface area (Å²) in [6.45, 7) is 0. The minimum absolute atomic E-state index is 0.0790. The van der Waals surface area contributed by atoms with Crippen molar-refractivity contribution in [1.82, 2.24) is 0 Å². The highest BCUT2D eigenvalue weighted by atomic mass is 32.2. The fraction of sp³-hybridized carbons (Fsp3) is 0.300. The number of carbonyl (C=O) groups excluding carboxylic acids is 1. The van der Waals surface area contributed by atoms with Gasteiger partial charge in [-0.3, -0.25) is 14.9 Å². The predicted octanol–water partition coefficient (Wildman–Crippen LogP) is 1.90. The number of hydrogen-bond donors (Lipinski definition) is 1. The van der Waals surface area contributed by atoms with Crippen LogP contribution in [0, 0.1) is 10.1 Å². The lowest BCUT2D eigenvalue weighted by Crippen LogP contribution is -2.14. The van der Waals surface area contributed by atoms with Gasteiger partial charge in [0, 0.05) is 6.07 Å². The average molecular weight is 256 g/mol. The summed E-state index contributed by atoms with van der Waals surface area (Å²) in [5, 5.41) is 13.2. The molecule has 0 spiro atoms. The van der Waals surface area contributed by atoms with Crippen molar-refractivity contribution in [2.45, 2.75) is 0 Å². The van der Waals surface area contributed by atoms with Crippen molar-refractivity contribution in [3.63, 3.8) is 0 Å². The number of benzene rings is 1. The Balaban J connectivity index is 2.92. The Morgan fingerprint density at radius 3 is 2.82 bits per heavy atom. The zero-order valence-electron chi connectivity index (χ0n) is 9.43. The van der Waals surface area contributed by atoms with Crippen molar-refractivity contribution in [3.8, 4) is 5.75 Å². The zero-order valence-corrected chi connectivity index (χ0v) is 10.2. The van der Waals surface area contributed by atoms with E-state index in [0.717, 1.165) is 0 Å². The number of nitro groups is 1. The number of anilines is 1. The molecule has 1 aromatic carbocycles. The summed E-state index contributed by atoms with van der Waals surface area (Å²) in [4.78, 5) is 21.4. The van der Waals surface area contributed by atoms with Crippen LogP contribution in [0.1, 0.15) is 0 Å². The molecule has 0 unspecified atom stereocenters. The van der Waals surface area contributed by atoms with Crippen LogP contribution in [0.15, 0.2) is 18.2 Å². The SMILES string of the molecule is COc1cc([N+](=O)[O-])ccc1NC(=O)CSC. The number of nitro benzene ring substituents is 1. The minimum atomic E-state index is -0.518. The molecule has 0 saturated heterocycles. The fourth-order valence-electron chi connectivity index (χ4n) is 1.21. The van der Waals surface area contributed by atoms with Crippen LogP contribution in [0.25, 0.3) is 0 Å². The first kappa shape index (κ1) is 13.3. The van der Waals surface area contributed by atoms with Crippen molar-refractivity contribution in [1.29, 1.82) is 0 Å². The molecule has 17 heavy (non-hydrogen) atoms. The Morgan fingerprint density at radius 2 is 2.29 bits per heavy atom. The quantitative estimate of drug-likeness (QED) is 0.642. The van der Waals surface area contributed by atoms with Gasteiger partial charge in [-0.15, -0.1) is 0 Å². The van der Waals surface area contributed by atoms with E-state index in [1.165, 1.54) is 37.1 Å². The summed E-state index contributed by atoms with van der Waals surface area (Å²) in [5.41, 5.74) is 0.349. The van der Waals surface area contributed by atoms with Gasteiger partial charge in [0.1, 0.15) is 5.75 Å². The number of amides is 1. The molecule has 0 radical (unpaired) electrons. The highest BCUT2D eigenvalue weighted by Crippen LogP contribution is 2.28. The molecule has 92 valence electrons. The lowest BCUT2D eigenvalue weighted by Gasteiger charge is -2.09. The molecule has 0 aliphatic heterocycles. The number of carbonyl (C=O) groups is 1. The van der Waals surface area contributed by atoms with Gasteiger partial charge in [0.05, 0.1) is 29.5 Å².